The van der Waals surface area contributed by atoms with E-state index in [4.69, 9.17) is 5.73 Å². The van der Waals surface area contributed by atoms with Crippen LogP contribution in [0.5, 0.6) is 0 Å². The van der Waals surface area contributed by atoms with Crippen molar-refractivity contribution in [2.45, 2.75) is 18.4 Å². The molecule has 0 bridgehead atoms. The Kier molecular flexibility index (Phi) is 5.58. The normalized spacial score (nSPS) is 16.0. The molecule has 1 aromatic carbocycles. The van der Waals surface area contributed by atoms with Crippen LogP contribution in [0.3, 0.4) is 0 Å². The molecule has 1 fully saturated rings. The molecule has 1 aromatic heterocycles. The molecule has 2 heterocycles. The van der Waals surface area contributed by atoms with E-state index in [2.05, 4.69) is 15.7 Å². The summed E-state index contributed by atoms with van der Waals surface area (Å²) in [6.45, 7) is 1.52. The lowest BCUT2D eigenvalue weighted by atomic mass is 9.87. The molecule has 128 valence electrons. The van der Waals surface area contributed by atoms with E-state index in [-0.39, 0.29) is 18.3 Å². The molecule has 24 heavy (non-hydrogen) atoms. The molecule has 1 saturated heterocycles. The molecule has 2 amide bonds. The van der Waals surface area contributed by atoms with Gasteiger partial charge in [0, 0.05) is 23.6 Å². The molecule has 0 spiro atoms. The number of aromatic nitrogens is 2. The molecule has 8 heteroatoms. The van der Waals surface area contributed by atoms with Gasteiger partial charge in [0.05, 0.1) is 0 Å². The standard InChI is InChI=1S/C16H19N5O2.ClH/c17-14(22)12-2-4-13(5-3-12)20-15(23)16(6-9-18-10-7-16)21-11-1-8-19-21;/h1-5,8,11,18H,6-7,9-10H2,(H2,17,22)(H,20,23);1H. The van der Waals surface area contributed by atoms with Crippen LogP contribution >= 0.6 is 12.4 Å². The van der Waals surface area contributed by atoms with Gasteiger partial charge in [0.25, 0.3) is 5.91 Å². The number of halogens is 1. The fourth-order valence-corrected chi connectivity index (χ4v) is 2.89. The summed E-state index contributed by atoms with van der Waals surface area (Å²) in [5, 5.41) is 10.5. The van der Waals surface area contributed by atoms with Crippen molar-refractivity contribution in [2.24, 2.45) is 5.73 Å². The fraction of sp³-hybridized carbons (Fsp3) is 0.312. The van der Waals surface area contributed by atoms with E-state index >= 15 is 0 Å². The summed E-state index contributed by atoms with van der Waals surface area (Å²) < 4.78 is 1.74. The summed E-state index contributed by atoms with van der Waals surface area (Å²) in [6, 6.07) is 8.37. The molecular weight excluding hydrogens is 330 g/mol. The lowest BCUT2D eigenvalue weighted by Crippen LogP contribution is -2.52. The zero-order chi connectivity index (χ0) is 16.3. The van der Waals surface area contributed by atoms with Crippen molar-refractivity contribution in [3.8, 4) is 0 Å². The lowest BCUT2D eigenvalue weighted by molar-refractivity contribution is -0.126. The van der Waals surface area contributed by atoms with Crippen molar-refractivity contribution in [1.29, 1.82) is 0 Å². The Balaban J connectivity index is 0.00000208. The van der Waals surface area contributed by atoms with Crippen LogP contribution in [0.2, 0.25) is 0 Å². The van der Waals surface area contributed by atoms with Gasteiger partial charge in [-0.1, -0.05) is 0 Å². The van der Waals surface area contributed by atoms with Gasteiger partial charge in [-0.15, -0.1) is 12.4 Å². The van der Waals surface area contributed by atoms with Crippen molar-refractivity contribution in [1.82, 2.24) is 15.1 Å². The largest absolute Gasteiger partial charge is 0.366 e. The Labute approximate surface area is 146 Å². The molecule has 0 radical (unpaired) electrons. The third kappa shape index (κ3) is 3.42. The Bertz CT molecular complexity index is 694. The van der Waals surface area contributed by atoms with E-state index in [0.29, 0.717) is 24.1 Å². The van der Waals surface area contributed by atoms with Crippen molar-refractivity contribution < 1.29 is 9.59 Å². The topological polar surface area (TPSA) is 102 Å². The van der Waals surface area contributed by atoms with Gasteiger partial charge in [-0.3, -0.25) is 14.3 Å². The molecule has 7 nitrogen and oxygen atoms in total. The molecule has 0 saturated carbocycles. The highest BCUT2D eigenvalue weighted by Gasteiger charge is 2.41. The van der Waals surface area contributed by atoms with Crippen LogP contribution in [-0.4, -0.2) is 34.7 Å². The molecule has 3 rings (SSSR count). The molecule has 0 aliphatic carbocycles. The minimum absolute atomic E-state index is 0. The molecule has 2 aromatic rings. The number of piperidine rings is 1. The molecule has 4 N–H and O–H groups in total. The number of nitrogens with two attached hydrogens (primary N) is 1. The van der Waals surface area contributed by atoms with Crippen LogP contribution in [0.25, 0.3) is 0 Å². The summed E-state index contributed by atoms with van der Waals surface area (Å²) in [5.41, 5.74) is 5.56. The highest BCUT2D eigenvalue weighted by Crippen LogP contribution is 2.28. The summed E-state index contributed by atoms with van der Waals surface area (Å²) in [5.74, 6) is -0.594. The monoisotopic (exact) mass is 349 g/mol. The second-order valence-electron chi connectivity index (χ2n) is 5.63. The third-order valence-electron chi connectivity index (χ3n) is 4.22. The minimum atomic E-state index is -0.697. The summed E-state index contributed by atoms with van der Waals surface area (Å²) in [6.07, 6.45) is 4.83. The van der Waals surface area contributed by atoms with Crippen LogP contribution < -0.4 is 16.4 Å². The second-order valence-corrected chi connectivity index (χ2v) is 5.63. The molecule has 0 unspecified atom stereocenters. The maximum absolute atomic E-state index is 12.9. The maximum atomic E-state index is 12.9. The lowest BCUT2D eigenvalue weighted by Gasteiger charge is -2.36. The van der Waals surface area contributed by atoms with E-state index in [9.17, 15) is 9.59 Å². The van der Waals surface area contributed by atoms with Crippen LogP contribution in [0.4, 0.5) is 5.69 Å². The van der Waals surface area contributed by atoms with Crippen LogP contribution in [-0.2, 0) is 10.3 Å². The first-order valence-corrected chi connectivity index (χ1v) is 7.54. The predicted molar refractivity (Wildman–Crippen MR) is 93.1 cm³/mol. The third-order valence-corrected chi connectivity index (χ3v) is 4.22. The van der Waals surface area contributed by atoms with E-state index in [1.165, 1.54) is 0 Å². The first-order valence-electron chi connectivity index (χ1n) is 7.54. The Morgan fingerprint density at radius 3 is 2.42 bits per heavy atom. The van der Waals surface area contributed by atoms with Gasteiger partial charge in [-0.25, -0.2) is 0 Å². The van der Waals surface area contributed by atoms with E-state index in [0.717, 1.165) is 13.1 Å². The summed E-state index contributed by atoms with van der Waals surface area (Å²) in [4.78, 5) is 24.0. The summed E-state index contributed by atoms with van der Waals surface area (Å²) >= 11 is 0. The van der Waals surface area contributed by atoms with Gasteiger partial charge in [-0.05, 0) is 56.3 Å². The average Bonchev–Trinajstić information content (AvgIpc) is 3.11. The first-order chi connectivity index (χ1) is 11.1. The highest BCUT2D eigenvalue weighted by molar-refractivity contribution is 5.98. The number of carbonyl (C=O) groups excluding carboxylic acids is 2. The molecule has 1 aliphatic heterocycles. The van der Waals surface area contributed by atoms with Crippen molar-refractivity contribution in [3.63, 3.8) is 0 Å². The van der Waals surface area contributed by atoms with Gasteiger partial charge in [-0.2, -0.15) is 5.10 Å². The number of hydrogen-bond donors (Lipinski definition) is 3. The fourth-order valence-electron chi connectivity index (χ4n) is 2.89. The first kappa shape index (κ1) is 18.0. The molecular formula is C16H20ClN5O2. The van der Waals surface area contributed by atoms with Crippen molar-refractivity contribution in [3.05, 3.63) is 48.3 Å². The van der Waals surface area contributed by atoms with Crippen molar-refractivity contribution in [2.75, 3.05) is 18.4 Å². The van der Waals surface area contributed by atoms with E-state index in [1.807, 2.05) is 12.3 Å². The number of anilines is 1. The van der Waals surface area contributed by atoms with Crippen LogP contribution in [0.15, 0.2) is 42.7 Å². The van der Waals surface area contributed by atoms with Crippen molar-refractivity contribution >= 4 is 29.9 Å². The zero-order valence-corrected chi connectivity index (χ0v) is 13.9. The van der Waals surface area contributed by atoms with Crippen LogP contribution in [0.1, 0.15) is 23.2 Å². The van der Waals surface area contributed by atoms with Gasteiger partial charge in [0.1, 0.15) is 5.54 Å². The number of nitrogens with one attached hydrogen (secondary N) is 2. The highest BCUT2D eigenvalue weighted by atomic mass is 35.5. The maximum Gasteiger partial charge on any atom is 0.252 e. The van der Waals surface area contributed by atoms with Gasteiger partial charge < -0.3 is 16.4 Å². The molecule has 0 atom stereocenters. The number of carbonyl (C=O) groups is 2. The van der Waals surface area contributed by atoms with Gasteiger partial charge in [0.2, 0.25) is 5.91 Å². The average molecular weight is 350 g/mol. The van der Waals surface area contributed by atoms with E-state index in [1.54, 1.807) is 35.1 Å². The minimum Gasteiger partial charge on any atom is -0.366 e. The van der Waals surface area contributed by atoms with E-state index < -0.39 is 11.4 Å². The quantitative estimate of drug-likeness (QED) is 0.769. The zero-order valence-electron chi connectivity index (χ0n) is 13.1. The number of rotatable bonds is 4. The summed E-state index contributed by atoms with van der Waals surface area (Å²) in [7, 11) is 0. The predicted octanol–water partition coefficient (Wildman–Crippen LogP) is 1.12. The smallest absolute Gasteiger partial charge is 0.252 e. The van der Waals surface area contributed by atoms with Crippen LogP contribution in [0, 0.1) is 0 Å². The number of benzene rings is 1. The SMILES string of the molecule is Cl.NC(=O)c1ccc(NC(=O)C2(n3cccn3)CCNCC2)cc1. The van der Waals surface area contributed by atoms with Gasteiger partial charge in [0.15, 0.2) is 0 Å². The Hall–Kier alpha value is -2.38. The Morgan fingerprint density at radius 1 is 1.21 bits per heavy atom. The second kappa shape index (κ2) is 7.46. The number of primary amides is 1. The number of amides is 2. The number of hydrogen-bond acceptors (Lipinski definition) is 4. The molecule has 1 aliphatic rings. The number of nitrogens with zero attached hydrogens (tertiary/aromatic N) is 2. The van der Waals surface area contributed by atoms with Gasteiger partial charge >= 0.3 is 0 Å². The Morgan fingerprint density at radius 2 is 1.88 bits per heavy atom.